The molecule has 0 saturated heterocycles. The van der Waals surface area contributed by atoms with Gasteiger partial charge in [0.15, 0.2) is 0 Å². The van der Waals surface area contributed by atoms with Gasteiger partial charge in [0.2, 0.25) is 0 Å². The van der Waals surface area contributed by atoms with E-state index in [1.807, 2.05) is 38.4 Å². The maximum Gasteiger partial charge on any atom is 0.307 e. The molecule has 0 aliphatic heterocycles. The summed E-state index contributed by atoms with van der Waals surface area (Å²) in [5.74, 6) is -0.790. The SMILES string of the molecule is CN(C)CCNCc1ccc(CC(=O)O)cc1. The van der Waals surface area contributed by atoms with Gasteiger partial charge in [0.1, 0.15) is 0 Å². The highest BCUT2D eigenvalue weighted by Crippen LogP contribution is 2.05. The fraction of sp³-hybridized carbons (Fsp3) is 0.462. The maximum atomic E-state index is 10.5. The summed E-state index contributed by atoms with van der Waals surface area (Å²) in [7, 11) is 4.09. The van der Waals surface area contributed by atoms with Gasteiger partial charge in [0.05, 0.1) is 6.42 Å². The molecule has 0 atom stereocenters. The monoisotopic (exact) mass is 236 g/mol. The molecule has 1 rings (SSSR count). The van der Waals surface area contributed by atoms with Crippen molar-refractivity contribution in [1.82, 2.24) is 10.2 Å². The molecule has 1 aromatic carbocycles. The first-order valence-electron chi connectivity index (χ1n) is 5.73. The van der Waals surface area contributed by atoms with Crippen LogP contribution in [0.5, 0.6) is 0 Å². The quantitative estimate of drug-likeness (QED) is 0.693. The molecular formula is C13H20N2O2. The third-order valence-electron chi connectivity index (χ3n) is 2.44. The van der Waals surface area contributed by atoms with E-state index in [9.17, 15) is 4.79 Å². The molecule has 0 aromatic heterocycles. The lowest BCUT2D eigenvalue weighted by atomic mass is 10.1. The fourth-order valence-electron chi connectivity index (χ4n) is 1.48. The number of hydrogen-bond donors (Lipinski definition) is 2. The van der Waals surface area contributed by atoms with Crippen molar-refractivity contribution in [2.24, 2.45) is 0 Å². The largest absolute Gasteiger partial charge is 0.481 e. The Morgan fingerprint density at radius 2 is 1.82 bits per heavy atom. The number of nitrogens with zero attached hydrogens (tertiary/aromatic N) is 1. The van der Waals surface area contributed by atoms with Crippen molar-refractivity contribution in [2.75, 3.05) is 27.2 Å². The highest BCUT2D eigenvalue weighted by atomic mass is 16.4. The minimum Gasteiger partial charge on any atom is -0.481 e. The molecule has 0 heterocycles. The van der Waals surface area contributed by atoms with Crippen molar-refractivity contribution >= 4 is 5.97 Å². The van der Waals surface area contributed by atoms with Crippen LogP contribution in [0, 0.1) is 0 Å². The Hall–Kier alpha value is -1.39. The predicted molar refractivity (Wildman–Crippen MR) is 68.0 cm³/mol. The van der Waals surface area contributed by atoms with Crippen molar-refractivity contribution in [3.63, 3.8) is 0 Å². The summed E-state index contributed by atoms with van der Waals surface area (Å²) >= 11 is 0. The van der Waals surface area contributed by atoms with Gasteiger partial charge in [-0.3, -0.25) is 4.79 Å². The Balaban J connectivity index is 2.32. The average Bonchev–Trinajstić information content (AvgIpc) is 2.25. The number of nitrogens with one attached hydrogen (secondary N) is 1. The van der Waals surface area contributed by atoms with Crippen molar-refractivity contribution in [3.8, 4) is 0 Å². The van der Waals surface area contributed by atoms with Gasteiger partial charge >= 0.3 is 5.97 Å². The van der Waals surface area contributed by atoms with Crippen LogP contribution in [0.2, 0.25) is 0 Å². The second-order valence-corrected chi connectivity index (χ2v) is 4.37. The van der Waals surface area contributed by atoms with Crippen LogP contribution in [0.4, 0.5) is 0 Å². The maximum absolute atomic E-state index is 10.5. The average molecular weight is 236 g/mol. The number of carboxylic acids is 1. The zero-order chi connectivity index (χ0) is 12.7. The summed E-state index contributed by atoms with van der Waals surface area (Å²) in [5.41, 5.74) is 2.02. The molecule has 0 radical (unpaired) electrons. The highest BCUT2D eigenvalue weighted by molar-refractivity contribution is 5.70. The molecule has 4 nitrogen and oxygen atoms in total. The van der Waals surface area contributed by atoms with Crippen LogP contribution in [0.15, 0.2) is 24.3 Å². The van der Waals surface area contributed by atoms with Gasteiger partial charge in [-0.1, -0.05) is 24.3 Å². The molecule has 0 saturated carbocycles. The van der Waals surface area contributed by atoms with Gasteiger partial charge in [0, 0.05) is 19.6 Å². The minimum absolute atomic E-state index is 0.0916. The van der Waals surface area contributed by atoms with Gasteiger partial charge in [-0.2, -0.15) is 0 Å². The summed E-state index contributed by atoms with van der Waals surface area (Å²) in [6, 6.07) is 7.69. The lowest BCUT2D eigenvalue weighted by molar-refractivity contribution is -0.136. The number of hydrogen-bond acceptors (Lipinski definition) is 3. The number of benzene rings is 1. The minimum atomic E-state index is -0.790. The Morgan fingerprint density at radius 3 is 2.35 bits per heavy atom. The van der Waals surface area contributed by atoms with E-state index >= 15 is 0 Å². The summed E-state index contributed by atoms with van der Waals surface area (Å²) in [5, 5.41) is 12.0. The van der Waals surface area contributed by atoms with E-state index in [2.05, 4.69) is 10.2 Å². The van der Waals surface area contributed by atoms with Crippen LogP contribution in [-0.2, 0) is 17.8 Å². The summed E-state index contributed by atoms with van der Waals surface area (Å²) in [4.78, 5) is 12.6. The van der Waals surface area contributed by atoms with Crippen LogP contribution < -0.4 is 5.32 Å². The third kappa shape index (κ3) is 6.04. The zero-order valence-electron chi connectivity index (χ0n) is 10.4. The first kappa shape index (κ1) is 13.7. The van der Waals surface area contributed by atoms with Gasteiger partial charge < -0.3 is 15.3 Å². The second kappa shape index (κ2) is 7.04. The van der Waals surface area contributed by atoms with E-state index in [-0.39, 0.29) is 6.42 Å². The Bertz CT molecular complexity index is 347. The molecule has 0 fully saturated rings. The van der Waals surface area contributed by atoms with E-state index in [0.29, 0.717) is 0 Å². The van der Waals surface area contributed by atoms with Crippen LogP contribution >= 0.6 is 0 Å². The Labute approximate surface area is 102 Å². The predicted octanol–water partition coefficient (Wildman–Crippen LogP) is 0.965. The lowest BCUT2D eigenvalue weighted by Gasteiger charge is -2.10. The van der Waals surface area contributed by atoms with Crippen molar-refractivity contribution in [3.05, 3.63) is 35.4 Å². The zero-order valence-corrected chi connectivity index (χ0v) is 10.4. The second-order valence-electron chi connectivity index (χ2n) is 4.37. The molecule has 0 unspecified atom stereocenters. The van der Waals surface area contributed by atoms with Crippen molar-refractivity contribution < 1.29 is 9.90 Å². The van der Waals surface area contributed by atoms with E-state index in [1.165, 1.54) is 5.56 Å². The van der Waals surface area contributed by atoms with E-state index < -0.39 is 5.97 Å². The number of carboxylic acid groups (broad SMARTS) is 1. The number of carbonyl (C=O) groups is 1. The molecule has 4 heteroatoms. The fourth-order valence-corrected chi connectivity index (χ4v) is 1.48. The first-order chi connectivity index (χ1) is 8.08. The molecule has 0 aliphatic rings. The third-order valence-corrected chi connectivity index (χ3v) is 2.44. The Morgan fingerprint density at radius 1 is 1.24 bits per heavy atom. The molecular weight excluding hydrogens is 216 g/mol. The lowest BCUT2D eigenvalue weighted by Crippen LogP contribution is -2.26. The van der Waals surface area contributed by atoms with Crippen molar-refractivity contribution in [2.45, 2.75) is 13.0 Å². The van der Waals surface area contributed by atoms with Gasteiger partial charge in [-0.15, -0.1) is 0 Å². The van der Waals surface area contributed by atoms with Crippen molar-refractivity contribution in [1.29, 1.82) is 0 Å². The van der Waals surface area contributed by atoms with Crippen LogP contribution in [0.3, 0.4) is 0 Å². The summed E-state index contributed by atoms with van der Waals surface area (Å²) < 4.78 is 0. The van der Waals surface area contributed by atoms with E-state index in [0.717, 1.165) is 25.2 Å². The first-order valence-corrected chi connectivity index (χ1v) is 5.73. The number of likely N-dealkylation sites (N-methyl/N-ethyl adjacent to an activating group) is 1. The molecule has 0 aliphatic carbocycles. The normalized spacial score (nSPS) is 10.8. The topological polar surface area (TPSA) is 52.6 Å². The van der Waals surface area contributed by atoms with Crippen LogP contribution in [-0.4, -0.2) is 43.2 Å². The summed E-state index contributed by atoms with van der Waals surface area (Å²) in [6.07, 6.45) is 0.0916. The molecule has 17 heavy (non-hydrogen) atoms. The van der Waals surface area contributed by atoms with Gasteiger partial charge in [-0.25, -0.2) is 0 Å². The van der Waals surface area contributed by atoms with E-state index in [1.54, 1.807) is 0 Å². The summed E-state index contributed by atoms with van der Waals surface area (Å²) in [6.45, 7) is 2.78. The highest BCUT2D eigenvalue weighted by Gasteiger charge is 2.00. The van der Waals surface area contributed by atoms with E-state index in [4.69, 9.17) is 5.11 Å². The Kier molecular flexibility index (Phi) is 5.66. The number of rotatable bonds is 7. The van der Waals surface area contributed by atoms with Crippen LogP contribution in [0.1, 0.15) is 11.1 Å². The van der Waals surface area contributed by atoms with Gasteiger partial charge in [0.25, 0.3) is 0 Å². The molecule has 0 spiro atoms. The van der Waals surface area contributed by atoms with Gasteiger partial charge in [-0.05, 0) is 25.2 Å². The molecule has 1 aromatic rings. The van der Waals surface area contributed by atoms with Crippen LogP contribution in [0.25, 0.3) is 0 Å². The smallest absolute Gasteiger partial charge is 0.307 e. The molecule has 0 amide bonds. The molecule has 94 valence electrons. The standard InChI is InChI=1S/C13H20N2O2/c1-15(2)8-7-14-10-12-5-3-11(4-6-12)9-13(16)17/h3-6,14H,7-10H2,1-2H3,(H,16,17). The molecule has 0 bridgehead atoms. The molecule has 2 N–H and O–H groups in total. The number of aliphatic carboxylic acids is 1.